The highest BCUT2D eigenvalue weighted by Crippen LogP contribution is 2.06. The summed E-state index contributed by atoms with van der Waals surface area (Å²) >= 11 is 0. The maximum Gasteiger partial charge on any atom is 0.375 e. The average Bonchev–Trinajstić information content (AvgIpc) is 2.67. The first-order valence-electron chi connectivity index (χ1n) is 4.36. The Labute approximate surface area is 77.8 Å². The van der Waals surface area contributed by atoms with E-state index >= 15 is 0 Å². The van der Waals surface area contributed by atoms with Gasteiger partial charge in [-0.25, -0.2) is 0 Å². The Morgan fingerprint density at radius 1 is 1.31 bits per heavy atom. The Hall–Kier alpha value is -1.57. The summed E-state index contributed by atoms with van der Waals surface area (Å²) in [7, 11) is 0. The highest BCUT2D eigenvalue weighted by atomic mass is 16.5. The van der Waals surface area contributed by atoms with Gasteiger partial charge in [-0.15, -0.1) is 0 Å². The molecule has 0 spiro atoms. The van der Waals surface area contributed by atoms with Gasteiger partial charge in [-0.3, -0.25) is 0 Å². The second kappa shape index (κ2) is 3.44. The predicted molar refractivity (Wildman–Crippen MR) is 51.8 cm³/mol. The summed E-state index contributed by atoms with van der Waals surface area (Å²) < 4.78 is 7.54. The van der Waals surface area contributed by atoms with E-state index in [0.717, 1.165) is 24.6 Å². The van der Waals surface area contributed by atoms with E-state index in [4.69, 9.17) is 4.74 Å². The van der Waals surface area contributed by atoms with Crippen LogP contribution in [0.3, 0.4) is 0 Å². The Bertz CT molecular complexity index is 340. The SMILES string of the molecule is C=C[N+]1=C(c2ccccc2)OCC1. The van der Waals surface area contributed by atoms with Crippen molar-refractivity contribution in [3.8, 4) is 0 Å². The first-order valence-corrected chi connectivity index (χ1v) is 4.36. The van der Waals surface area contributed by atoms with Crippen LogP contribution in [0.25, 0.3) is 0 Å². The van der Waals surface area contributed by atoms with Crippen LogP contribution >= 0.6 is 0 Å². The lowest BCUT2D eigenvalue weighted by molar-refractivity contribution is -0.444. The number of rotatable bonds is 2. The second-order valence-corrected chi connectivity index (χ2v) is 2.90. The van der Waals surface area contributed by atoms with E-state index in [2.05, 4.69) is 6.58 Å². The van der Waals surface area contributed by atoms with E-state index in [0.29, 0.717) is 0 Å². The van der Waals surface area contributed by atoms with Crippen LogP contribution in [0.2, 0.25) is 0 Å². The van der Waals surface area contributed by atoms with E-state index in [-0.39, 0.29) is 0 Å². The molecule has 1 heterocycles. The molecule has 0 N–H and O–H groups in total. The summed E-state index contributed by atoms with van der Waals surface area (Å²) in [5.41, 5.74) is 1.11. The minimum absolute atomic E-state index is 0.746. The molecule has 0 aromatic heterocycles. The zero-order valence-corrected chi connectivity index (χ0v) is 7.44. The van der Waals surface area contributed by atoms with Crippen LogP contribution in [0.15, 0.2) is 43.1 Å². The molecule has 0 radical (unpaired) electrons. The van der Waals surface area contributed by atoms with Crippen LogP contribution in [0.4, 0.5) is 0 Å². The quantitative estimate of drug-likeness (QED) is 0.620. The molecular weight excluding hydrogens is 162 g/mol. The lowest BCUT2D eigenvalue weighted by Gasteiger charge is -1.95. The molecule has 0 saturated carbocycles. The third-order valence-corrected chi connectivity index (χ3v) is 2.07. The summed E-state index contributed by atoms with van der Waals surface area (Å²) in [5.74, 6) is 0.913. The predicted octanol–water partition coefficient (Wildman–Crippen LogP) is 1.62. The molecule has 1 aliphatic heterocycles. The molecule has 1 aliphatic rings. The van der Waals surface area contributed by atoms with Crippen molar-refractivity contribution in [2.24, 2.45) is 0 Å². The van der Waals surface area contributed by atoms with Crippen LogP contribution in [0, 0.1) is 0 Å². The first-order chi connectivity index (χ1) is 6.42. The monoisotopic (exact) mass is 174 g/mol. The fourth-order valence-electron chi connectivity index (χ4n) is 1.43. The minimum Gasteiger partial charge on any atom is -0.437 e. The highest BCUT2D eigenvalue weighted by Gasteiger charge is 2.23. The van der Waals surface area contributed by atoms with Crippen LogP contribution in [0.5, 0.6) is 0 Å². The normalized spacial score (nSPS) is 15.7. The molecule has 66 valence electrons. The van der Waals surface area contributed by atoms with Crippen molar-refractivity contribution in [3.63, 3.8) is 0 Å². The topological polar surface area (TPSA) is 12.2 Å². The molecule has 0 bridgehead atoms. The molecule has 2 heteroatoms. The number of hydrogen-bond acceptors (Lipinski definition) is 1. The molecule has 13 heavy (non-hydrogen) atoms. The van der Waals surface area contributed by atoms with Gasteiger partial charge in [0.05, 0.1) is 5.56 Å². The molecule has 2 nitrogen and oxygen atoms in total. The first kappa shape index (κ1) is 8.05. The van der Waals surface area contributed by atoms with Crippen molar-refractivity contribution < 1.29 is 9.31 Å². The van der Waals surface area contributed by atoms with Gasteiger partial charge in [-0.05, 0) is 18.7 Å². The fraction of sp³-hybridized carbons (Fsp3) is 0.182. The summed E-state index contributed by atoms with van der Waals surface area (Å²) in [6.07, 6.45) is 1.80. The van der Waals surface area contributed by atoms with Gasteiger partial charge in [0.25, 0.3) is 0 Å². The van der Waals surface area contributed by atoms with E-state index < -0.39 is 0 Å². The van der Waals surface area contributed by atoms with Gasteiger partial charge in [0.1, 0.15) is 0 Å². The van der Waals surface area contributed by atoms with Crippen molar-refractivity contribution in [3.05, 3.63) is 48.7 Å². The molecule has 0 aliphatic carbocycles. The Balaban J connectivity index is 2.41. The maximum absolute atomic E-state index is 5.51. The van der Waals surface area contributed by atoms with Gasteiger partial charge in [0.15, 0.2) is 19.4 Å². The third kappa shape index (κ3) is 1.47. The van der Waals surface area contributed by atoms with E-state index in [9.17, 15) is 0 Å². The minimum atomic E-state index is 0.746. The largest absolute Gasteiger partial charge is 0.437 e. The summed E-state index contributed by atoms with van der Waals surface area (Å²) in [4.78, 5) is 0. The average molecular weight is 174 g/mol. The van der Waals surface area contributed by atoms with Crippen molar-refractivity contribution >= 4 is 5.90 Å². The van der Waals surface area contributed by atoms with Gasteiger partial charge in [-0.2, -0.15) is 4.58 Å². The molecular formula is C11H12NO+. The second-order valence-electron chi connectivity index (χ2n) is 2.90. The van der Waals surface area contributed by atoms with Gasteiger partial charge < -0.3 is 4.74 Å². The third-order valence-electron chi connectivity index (χ3n) is 2.07. The smallest absolute Gasteiger partial charge is 0.375 e. The van der Waals surface area contributed by atoms with Crippen LogP contribution in [-0.4, -0.2) is 23.6 Å². The van der Waals surface area contributed by atoms with Gasteiger partial charge in [-0.1, -0.05) is 18.2 Å². The maximum atomic E-state index is 5.51. The molecule has 0 amide bonds. The zero-order chi connectivity index (χ0) is 9.10. The lowest BCUT2D eigenvalue weighted by Crippen LogP contribution is -2.10. The number of ether oxygens (including phenoxy) is 1. The fourth-order valence-corrected chi connectivity index (χ4v) is 1.43. The van der Waals surface area contributed by atoms with Crippen LogP contribution in [0.1, 0.15) is 5.56 Å². The molecule has 1 aromatic carbocycles. The zero-order valence-electron chi connectivity index (χ0n) is 7.44. The van der Waals surface area contributed by atoms with Crippen molar-refractivity contribution in [2.75, 3.05) is 13.2 Å². The molecule has 0 fully saturated rings. The molecule has 0 unspecified atom stereocenters. The molecule has 0 atom stereocenters. The lowest BCUT2D eigenvalue weighted by atomic mass is 10.2. The van der Waals surface area contributed by atoms with Crippen molar-refractivity contribution in [1.29, 1.82) is 0 Å². The van der Waals surface area contributed by atoms with Gasteiger partial charge >= 0.3 is 5.90 Å². The highest BCUT2D eigenvalue weighted by molar-refractivity contribution is 5.90. The van der Waals surface area contributed by atoms with Crippen LogP contribution in [-0.2, 0) is 4.74 Å². The number of nitrogens with zero attached hydrogens (tertiary/aromatic N) is 1. The standard InChI is InChI=1S/C11H12NO/c1-2-12-8-9-13-11(12)10-6-4-3-5-7-10/h2-7H,1,8-9H2/q+1. The van der Waals surface area contributed by atoms with Gasteiger partial charge in [0.2, 0.25) is 0 Å². The van der Waals surface area contributed by atoms with E-state index in [1.807, 2.05) is 34.9 Å². The van der Waals surface area contributed by atoms with Gasteiger partial charge in [0, 0.05) is 0 Å². The van der Waals surface area contributed by atoms with Crippen LogP contribution < -0.4 is 0 Å². The Morgan fingerprint density at radius 2 is 2.08 bits per heavy atom. The number of benzene rings is 1. The summed E-state index contributed by atoms with van der Waals surface area (Å²) in [6.45, 7) is 5.39. The number of hydrogen-bond donors (Lipinski definition) is 0. The van der Waals surface area contributed by atoms with E-state index in [1.165, 1.54) is 0 Å². The molecule has 0 saturated heterocycles. The molecule has 2 rings (SSSR count). The summed E-state index contributed by atoms with van der Waals surface area (Å²) in [5, 5.41) is 0. The van der Waals surface area contributed by atoms with Crippen molar-refractivity contribution in [2.45, 2.75) is 0 Å². The van der Waals surface area contributed by atoms with E-state index in [1.54, 1.807) is 6.20 Å². The van der Waals surface area contributed by atoms with Crippen molar-refractivity contribution in [1.82, 2.24) is 0 Å². The Kier molecular flexibility index (Phi) is 2.13. The summed E-state index contributed by atoms with van der Waals surface area (Å²) in [6, 6.07) is 10.1. The Morgan fingerprint density at radius 3 is 2.77 bits per heavy atom. The molecule has 1 aromatic rings.